The molecule has 1 fully saturated rings. The van der Waals surface area contributed by atoms with Crippen molar-refractivity contribution in [2.24, 2.45) is 7.05 Å². The Bertz CT molecular complexity index is 1050. The number of nitrogens with one attached hydrogen (secondary N) is 1. The van der Waals surface area contributed by atoms with Gasteiger partial charge < -0.3 is 14.8 Å². The predicted octanol–water partition coefficient (Wildman–Crippen LogP) is 2.29. The highest BCUT2D eigenvalue weighted by Gasteiger charge is 2.22. The van der Waals surface area contributed by atoms with Crippen LogP contribution in [0.15, 0.2) is 6.33 Å². The lowest BCUT2D eigenvalue weighted by molar-refractivity contribution is -0.127. The molecule has 29 heavy (non-hydrogen) atoms. The quantitative estimate of drug-likeness (QED) is 0.659. The van der Waals surface area contributed by atoms with E-state index in [1.54, 1.807) is 6.33 Å². The van der Waals surface area contributed by atoms with Crippen molar-refractivity contribution in [3.63, 3.8) is 0 Å². The van der Waals surface area contributed by atoms with E-state index in [0.29, 0.717) is 25.3 Å². The number of nitrogens with zero attached hydrogens (tertiary/aromatic N) is 7. The van der Waals surface area contributed by atoms with Crippen molar-refractivity contribution in [2.75, 3.05) is 25.0 Å². The van der Waals surface area contributed by atoms with Crippen molar-refractivity contribution in [3.05, 3.63) is 17.7 Å². The number of fused-ring (bicyclic) bond motifs is 1. The van der Waals surface area contributed by atoms with Gasteiger partial charge in [-0.3, -0.25) is 9.48 Å². The third-order valence-corrected chi connectivity index (χ3v) is 5.52. The fourth-order valence-corrected chi connectivity index (χ4v) is 3.85. The molecule has 154 valence electrons. The lowest BCUT2D eigenvalue weighted by Gasteiger charge is -2.16. The van der Waals surface area contributed by atoms with Crippen LogP contribution in [0.2, 0.25) is 0 Å². The first-order valence-electron chi connectivity index (χ1n) is 10.2. The van der Waals surface area contributed by atoms with Gasteiger partial charge >= 0.3 is 0 Å². The number of imidazole rings is 1. The van der Waals surface area contributed by atoms with E-state index in [1.165, 1.54) is 0 Å². The van der Waals surface area contributed by atoms with E-state index in [-0.39, 0.29) is 5.91 Å². The van der Waals surface area contributed by atoms with E-state index >= 15 is 0 Å². The standard InChI is InChI=1S/C20H28N8O/c1-5-8-21-19-17-20(24-18(23-19)16-13(2)25-26(4)14(16)3)28(12-22-17)11-10-27-9-6-7-15(27)29/h12H,5-11H2,1-4H3,(H,21,23,24). The van der Waals surface area contributed by atoms with Crippen LogP contribution in [0.3, 0.4) is 0 Å². The van der Waals surface area contributed by atoms with E-state index < -0.39 is 0 Å². The molecule has 3 aromatic rings. The minimum Gasteiger partial charge on any atom is -0.368 e. The molecule has 1 aliphatic heterocycles. The summed E-state index contributed by atoms with van der Waals surface area (Å²) in [5, 5.41) is 7.91. The molecule has 9 nitrogen and oxygen atoms in total. The molecule has 9 heteroatoms. The van der Waals surface area contributed by atoms with E-state index in [4.69, 9.17) is 9.97 Å². The van der Waals surface area contributed by atoms with Gasteiger partial charge in [0.1, 0.15) is 5.52 Å². The van der Waals surface area contributed by atoms with Crippen LogP contribution in [0.25, 0.3) is 22.6 Å². The number of aryl methyl sites for hydroxylation is 2. The number of anilines is 1. The zero-order chi connectivity index (χ0) is 20.5. The topological polar surface area (TPSA) is 93.8 Å². The van der Waals surface area contributed by atoms with Crippen LogP contribution in [0, 0.1) is 13.8 Å². The maximum Gasteiger partial charge on any atom is 0.222 e. The van der Waals surface area contributed by atoms with Gasteiger partial charge in [-0.05, 0) is 26.7 Å². The fourth-order valence-electron chi connectivity index (χ4n) is 3.85. The summed E-state index contributed by atoms with van der Waals surface area (Å²) in [7, 11) is 1.93. The Morgan fingerprint density at radius 2 is 2.03 bits per heavy atom. The van der Waals surface area contributed by atoms with Gasteiger partial charge in [0.05, 0.1) is 17.6 Å². The second-order valence-electron chi connectivity index (χ2n) is 7.59. The smallest absolute Gasteiger partial charge is 0.222 e. The molecule has 0 spiro atoms. The van der Waals surface area contributed by atoms with Crippen molar-refractivity contribution in [2.45, 2.75) is 46.6 Å². The maximum atomic E-state index is 11.9. The highest BCUT2D eigenvalue weighted by atomic mass is 16.2. The Morgan fingerprint density at radius 3 is 2.69 bits per heavy atom. The second-order valence-corrected chi connectivity index (χ2v) is 7.59. The van der Waals surface area contributed by atoms with Crippen LogP contribution in [0.4, 0.5) is 5.82 Å². The first-order valence-corrected chi connectivity index (χ1v) is 10.2. The largest absolute Gasteiger partial charge is 0.368 e. The van der Waals surface area contributed by atoms with Gasteiger partial charge in [-0.15, -0.1) is 0 Å². The molecule has 0 aliphatic carbocycles. The van der Waals surface area contributed by atoms with Crippen molar-refractivity contribution in [3.8, 4) is 11.4 Å². The van der Waals surface area contributed by atoms with Crippen molar-refractivity contribution in [1.29, 1.82) is 0 Å². The number of likely N-dealkylation sites (tertiary alicyclic amines) is 1. The van der Waals surface area contributed by atoms with E-state index in [1.807, 2.05) is 35.0 Å². The number of rotatable bonds is 7. The van der Waals surface area contributed by atoms with E-state index in [0.717, 1.165) is 59.9 Å². The van der Waals surface area contributed by atoms with Crippen LogP contribution in [0.1, 0.15) is 37.6 Å². The molecule has 1 amide bonds. The zero-order valence-electron chi connectivity index (χ0n) is 17.6. The predicted molar refractivity (Wildman–Crippen MR) is 112 cm³/mol. The Hall–Kier alpha value is -2.97. The number of aromatic nitrogens is 6. The number of hydrogen-bond donors (Lipinski definition) is 1. The summed E-state index contributed by atoms with van der Waals surface area (Å²) >= 11 is 0. The summed E-state index contributed by atoms with van der Waals surface area (Å²) in [4.78, 5) is 28.1. The van der Waals surface area contributed by atoms with E-state index in [9.17, 15) is 4.79 Å². The lowest BCUT2D eigenvalue weighted by atomic mass is 10.2. The Balaban J connectivity index is 1.75. The third-order valence-electron chi connectivity index (χ3n) is 5.52. The Morgan fingerprint density at radius 1 is 1.21 bits per heavy atom. The molecule has 1 N–H and O–H groups in total. The first kappa shape index (κ1) is 19.4. The highest BCUT2D eigenvalue weighted by Crippen LogP contribution is 2.28. The molecule has 0 atom stereocenters. The second kappa shape index (κ2) is 7.81. The third kappa shape index (κ3) is 3.56. The summed E-state index contributed by atoms with van der Waals surface area (Å²) in [6.45, 7) is 9.11. The van der Waals surface area contributed by atoms with Crippen molar-refractivity contribution in [1.82, 2.24) is 34.2 Å². The molecule has 0 unspecified atom stereocenters. The van der Waals surface area contributed by atoms with Crippen LogP contribution in [0.5, 0.6) is 0 Å². The van der Waals surface area contributed by atoms with Crippen molar-refractivity contribution < 1.29 is 4.79 Å². The molecular formula is C20H28N8O. The summed E-state index contributed by atoms with van der Waals surface area (Å²) in [5.74, 6) is 1.63. The average Bonchev–Trinajstić information content (AvgIpc) is 3.36. The lowest BCUT2D eigenvalue weighted by Crippen LogP contribution is -2.28. The van der Waals surface area contributed by atoms with Crippen molar-refractivity contribution >= 4 is 22.9 Å². The number of hydrogen-bond acceptors (Lipinski definition) is 6. The monoisotopic (exact) mass is 396 g/mol. The molecular weight excluding hydrogens is 368 g/mol. The average molecular weight is 396 g/mol. The van der Waals surface area contributed by atoms with E-state index in [2.05, 4.69) is 22.3 Å². The summed E-state index contributed by atoms with van der Waals surface area (Å²) in [6, 6.07) is 0. The minimum absolute atomic E-state index is 0.233. The highest BCUT2D eigenvalue weighted by molar-refractivity contribution is 5.85. The normalized spacial score (nSPS) is 14.3. The molecule has 4 heterocycles. The van der Waals surface area contributed by atoms with Crippen LogP contribution in [-0.4, -0.2) is 59.7 Å². The van der Waals surface area contributed by atoms with Gasteiger partial charge in [0.2, 0.25) is 5.91 Å². The minimum atomic E-state index is 0.233. The van der Waals surface area contributed by atoms with Gasteiger partial charge in [-0.2, -0.15) is 5.10 Å². The molecule has 1 aliphatic rings. The summed E-state index contributed by atoms with van der Waals surface area (Å²) in [6.07, 6.45) is 4.38. The van der Waals surface area contributed by atoms with Gasteiger partial charge in [-0.25, -0.2) is 15.0 Å². The van der Waals surface area contributed by atoms with Gasteiger partial charge in [0.15, 0.2) is 17.3 Å². The maximum absolute atomic E-state index is 11.9. The molecule has 4 rings (SSSR count). The summed E-state index contributed by atoms with van der Waals surface area (Å²) < 4.78 is 3.87. The van der Waals surface area contributed by atoms with Gasteiger partial charge in [0.25, 0.3) is 0 Å². The Labute approximate surface area is 170 Å². The molecule has 3 aromatic heterocycles. The zero-order valence-corrected chi connectivity index (χ0v) is 17.6. The van der Waals surface area contributed by atoms with Gasteiger partial charge in [0, 0.05) is 45.3 Å². The molecule has 0 aromatic carbocycles. The Kier molecular flexibility index (Phi) is 5.21. The molecule has 0 saturated carbocycles. The SMILES string of the molecule is CCCNc1nc(-c2c(C)nn(C)c2C)nc2c1ncn2CCN1CCCC1=O. The molecule has 1 saturated heterocycles. The fraction of sp³-hybridized carbons (Fsp3) is 0.550. The number of amides is 1. The first-order chi connectivity index (χ1) is 14.0. The van der Waals surface area contributed by atoms with Crippen LogP contribution >= 0.6 is 0 Å². The summed E-state index contributed by atoms with van der Waals surface area (Å²) in [5.41, 5.74) is 4.42. The van der Waals surface area contributed by atoms with Crippen LogP contribution in [-0.2, 0) is 18.4 Å². The van der Waals surface area contributed by atoms with Gasteiger partial charge in [-0.1, -0.05) is 6.92 Å². The molecule has 0 bridgehead atoms. The number of carbonyl (C=O) groups is 1. The molecule has 0 radical (unpaired) electrons. The van der Waals surface area contributed by atoms with Crippen LogP contribution < -0.4 is 5.32 Å². The number of carbonyl (C=O) groups excluding carboxylic acids is 1.